The fraction of sp³-hybridized carbons (Fsp3) is 0.400. The van der Waals surface area contributed by atoms with E-state index in [1.54, 1.807) is 12.1 Å². The first-order valence-electron chi connectivity index (χ1n) is 4.49. The quantitative estimate of drug-likeness (QED) is 0.753. The summed E-state index contributed by atoms with van der Waals surface area (Å²) in [6.07, 6.45) is -1.82. The average molecular weight is 199 g/mol. The monoisotopic (exact) mass is 199 g/mol. The Bertz CT molecular complexity index is 327. The molecule has 2 nitrogen and oxygen atoms in total. The molecule has 2 rings (SSSR count). The lowest BCUT2D eigenvalue weighted by Gasteiger charge is -2.24. The van der Waals surface area contributed by atoms with E-state index < -0.39 is 6.43 Å². The van der Waals surface area contributed by atoms with Crippen molar-refractivity contribution in [2.24, 2.45) is 5.73 Å². The van der Waals surface area contributed by atoms with Gasteiger partial charge in [0.05, 0.1) is 12.2 Å². The number of hydrogen-bond donors (Lipinski definition) is 1. The predicted octanol–water partition coefficient (Wildman–Crippen LogP) is 2.41. The largest absolute Gasteiger partial charge is 0.493 e. The zero-order valence-electron chi connectivity index (χ0n) is 7.54. The molecule has 1 aromatic carbocycles. The molecule has 1 aliphatic heterocycles. The normalized spacial score (nSPS) is 20.4. The van der Waals surface area contributed by atoms with E-state index in [9.17, 15) is 8.78 Å². The van der Waals surface area contributed by atoms with Crippen molar-refractivity contribution in [3.8, 4) is 5.75 Å². The molecule has 0 fully saturated rings. The van der Waals surface area contributed by atoms with Gasteiger partial charge in [0.15, 0.2) is 0 Å². The highest BCUT2D eigenvalue weighted by molar-refractivity contribution is 5.45. The van der Waals surface area contributed by atoms with Crippen LogP contribution in [0, 0.1) is 0 Å². The van der Waals surface area contributed by atoms with Gasteiger partial charge in [-0.2, -0.15) is 0 Å². The maximum absolute atomic E-state index is 12.6. The Morgan fingerprint density at radius 1 is 1.43 bits per heavy atom. The first-order valence-corrected chi connectivity index (χ1v) is 4.49. The van der Waals surface area contributed by atoms with E-state index in [-0.39, 0.29) is 17.4 Å². The molecule has 0 aromatic heterocycles. The Labute approximate surface area is 80.7 Å². The smallest absolute Gasteiger partial charge is 0.267 e. The molecule has 0 aliphatic carbocycles. The molecule has 1 atom stereocenters. The van der Waals surface area contributed by atoms with Gasteiger partial charge >= 0.3 is 0 Å². The minimum Gasteiger partial charge on any atom is -0.493 e. The topological polar surface area (TPSA) is 35.2 Å². The SMILES string of the molecule is N[C@H]1CCOc2c(C(F)F)cccc21. The predicted molar refractivity (Wildman–Crippen MR) is 48.4 cm³/mol. The van der Waals surface area contributed by atoms with E-state index in [1.165, 1.54) is 6.07 Å². The van der Waals surface area contributed by atoms with Gasteiger partial charge in [0.1, 0.15) is 5.75 Å². The second-order valence-electron chi connectivity index (χ2n) is 3.31. The number of benzene rings is 1. The number of alkyl halides is 2. The van der Waals surface area contributed by atoms with Crippen molar-refractivity contribution in [2.45, 2.75) is 18.9 Å². The van der Waals surface area contributed by atoms with Gasteiger partial charge in [0.2, 0.25) is 0 Å². The van der Waals surface area contributed by atoms with Crippen LogP contribution in [-0.4, -0.2) is 6.61 Å². The summed E-state index contributed by atoms with van der Waals surface area (Å²) < 4.78 is 30.3. The summed E-state index contributed by atoms with van der Waals surface area (Å²) >= 11 is 0. The van der Waals surface area contributed by atoms with Crippen LogP contribution >= 0.6 is 0 Å². The highest BCUT2D eigenvalue weighted by atomic mass is 19.3. The minimum absolute atomic E-state index is 0.0577. The number of rotatable bonds is 1. The second kappa shape index (κ2) is 3.53. The van der Waals surface area contributed by atoms with Crippen LogP contribution in [0.2, 0.25) is 0 Å². The third-order valence-corrected chi connectivity index (χ3v) is 2.39. The molecule has 2 N–H and O–H groups in total. The van der Waals surface area contributed by atoms with E-state index in [4.69, 9.17) is 10.5 Å². The number of halogens is 2. The van der Waals surface area contributed by atoms with Crippen molar-refractivity contribution in [3.63, 3.8) is 0 Å². The van der Waals surface area contributed by atoms with Gasteiger partial charge in [-0.05, 0) is 6.07 Å². The minimum atomic E-state index is -2.50. The van der Waals surface area contributed by atoms with Gasteiger partial charge in [0.25, 0.3) is 6.43 Å². The Morgan fingerprint density at radius 2 is 2.21 bits per heavy atom. The lowest BCUT2D eigenvalue weighted by Crippen LogP contribution is -2.21. The standard InChI is InChI=1S/C10H11F2NO/c11-10(12)7-3-1-2-6-8(13)4-5-14-9(6)7/h1-3,8,10H,4-5,13H2/t8-/m0/s1. The molecule has 0 unspecified atom stereocenters. The highest BCUT2D eigenvalue weighted by Gasteiger charge is 2.23. The lowest BCUT2D eigenvalue weighted by atomic mass is 9.98. The van der Waals surface area contributed by atoms with E-state index in [1.807, 2.05) is 0 Å². The summed E-state index contributed by atoms with van der Waals surface area (Å²) in [5.74, 6) is 0.279. The summed E-state index contributed by atoms with van der Waals surface area (Å²) in [7, 11) is 0. The maximum atomic E-state index is 12.6. The van der Waals surface area contributed by atoms with Gasteiger partial charge < -0.3 is 10.5 Å². The van der Waals surface area contributed by atoms with Crippen molar-refractivity contribution < 1.29 is 13.5 Å². The zero-order valence-corrected chi connectivity index (χ0v) is 7.54. The number of ether oxygens (including phenoxy) is 1. The van der Waals surface area contributed by atoms with E-state index in [0.29, 0.717) is 18.6 Å². The molecule has 0 spiro atoms. The van der Waals surface area contributed by atoms with Gasteiger partial charge in [-0.25, -0.2) is 8.78 Å². The molecule has 0 saturated carbocycles. The highest BCUT2D eigenvalue weighted by Crippen LogP contribution is 2.37. The van der Waals surface area contributed by atoms with Crippen LogP contribution in [0.1, 0.15) is 30.0 Å². The first kappa shape index (κ1) is 9.40. The van der Waals surface area contributed by atoms with Crippen LogP contribution in [0.4, 0.5) is 8.78 Å². The van der Waals surface area contributed by atoms with Gasteiger partial charge in [-0.15, -0.1) is 0 Å². The summed E-state index contributed by atoms with van der Waals surface area (Å²) in [5, 5.41) is 0. The number of para-hydroxylation sites is 1. The van der Waals surface area contributed by atoms with Crippen LogP contribution in [0.3, 0.4) is 0 Å². The molecule has 4 heteroatoms. The van der Waals surface area contributed by atoms with Crippen molar-refractivity contribution in [1.29, 1.82) is 0 Å². The molecule has 76 valence electrons. The lowest BCUT2D eigenvalue weighted by molar-refractivity contribution is 0.142. The van der Waals surface area contributed by atoms with Crippen molar-refractivity contribution in [1.82, 2.24) is 0 Å². The second-order valence-corrected chi connectivity index (χ2v) is 3.31. The van der Waals surface area contributed by atoms with E-state index in [0.717, 1.165) is 0 Å². The van der Waals surface area contributed by atoms with Crippen molar-refractivity contribution >= 4 is 0 Å². The van der Waals surface area contributed by atoms with Crippen LogP contribution in [0.15, 0.2) is 18.2 Å². The third kappa shape index (κ3) is 1.46. The molecule has 0 saturated heterocycles. The number of fused-ring (bicyclic) bond motifs is 1. The van der Waals surface area contributed by atoms with Crippen LogP contribution in [-0.2, 0) is 0 Å². The maximum Gasteiger partial charge on any atom is 0.267 e. The first-order chi connectivity index (χ1) is 6.70. The molecule has 1 aliphatic rings. The van der Waals surface area contributed by atoms with E-state index in [2.05, 4.69) is 0 Å². The molecular formula is C10H11F2NO. The Hall–Kier alpha value is -1.16. The zero-order chi connectivity index (χ0) is 10.1. The fourth-order valence-corrected chi connectivity index (χ4v) is 1.65. The molecule has 0 amide bonds. The number of hydrogen-bond acceptors (Lipinski definition) is 2. The Kier molecular flexibility index (Phi) is 2.37. The van der Waals surface area contributed by atoms with Gasteiger partial charge in [-0.3, -0.25) is 0 Å². The van der Waals surface area contributed by atoms with E-state index >= 15 is 0 Å². The van der Waals surface area contributed by atoms with Crippen molar-refractivity contribution in [3.05, 3.63) is 29.3 Å². The summed E-state index contributed by atoms with van der Waals surface area (Å²) in [4.78, 5) is 0. The Morgan fingerprint density at radius 3 is 2.93 bits per heavy atom. The van der Waals surface area contributed by atoms with Gasteiger partial charge in [-0.1, -0.05) is 12.1 Å². The van der Waals surface area contributed by atoms with Crippen LogP contribution in [0.5, 0.6) is 5.75 Å². The Balaban J connectivity index is 2.49. The molecule has 14 heavy (non-hydrogen) atoms. The third-order valence-electron chi connectivity index (χ3n) is 2.39. The molecule has 0 bridgehead atoms. The summed E-state index contributed by atoms with van der Waals surface area (Å²) in [6.45, 7) is 0.415. The molecule has 0 radical (unpaired) electrons. The summed E-state index contributed by atoms with van der Waals surface area (Å²) in [6, 6.07) is 4.53. The van der Waals surface area contributed by atoms with Crippen molar-refractivity contribution in [2.75, 3.05) is 6.61 Å². The average Bonchev–Trinajstić information content (AvgIpc) is 2.17. The van der Waals surface area contributed by atoms with Crippen LogP contribution < -0.4 is 10.5 Å². The summed E-state index contributed by atoms with van der Waals surface area (Å²) in [5.41, 5.74) is 6.42. The fourth-order valence-electron chi connectivity index (χ4n) is 1.65. The number of nitrogens with two attached hydrogens (primary N) is 1. The molecule has 1 heterocycles. The van der Waals surface area contributed by atoms with Gasteiger partial charge in [0, 0.05) is 18.0 Å². The molecular weight excluding hydrogens is 188 g/mol. The molecule has 1 aromatic rings. The van der Waals surface area contributed by atoms with Crippen LogP contribution in [0.25, 0.3) is 0 Å².